The van der Waals surface area contributed by atoms with Crippen molar-refractivity contribution in [2.75, 3.05) is 0 Å². The third kappa shape index (κ3) is 4.10. The van der Waals surface area contributed by atoms with Gasteiger partial charge in [-0.15, -0.1) is 0 Å². The molecule has 0 amide bonds. The molecule has 0 aliphatic rings. The molecule has 0 atom stereocenters. The van der Waals surface area contributed by atoms with Crippen LogP contribution in [0.25, 0.3) is 12.2 Å². The molecule has 0 aliphatic carbocycles. The standard InChI is InChI=1S/C21H18O/c1-3-7-18(8-4-1)11-12-19-13-15-21(16-14-19)22-17-20-9-5-2-6-10-20/h1-16H,17H2/b12-11+. The van der Waals surface area contributed by atoms with Gasteiger partial charge in [0.15, 0.2) is 0 Å². The summed E-state index contributed by atoms with van der Waals surface area (Å²) in [5, 5.41) is 0. The first-order valence-corrected chi connectivity index (χ1v) is 7.40. The van der Waals surface area contributed by atoms with Gasteiger partial charge in [0.1, 0.15) is 12.4 Å². The first-order valence-electron chi connectivity index (χ1n) is 7.40. The number of hydrogen-bond donors (Lipinski definition) is 0. The summed E-state index contributed by atoms with van der Waals surface area (Å²) in [6.07, 6.45) is 4.22. The molecule has 22 heavy (non-hydrogen) atoms. The fourth-order valence-corrected chi connectivity index (χ4v) is 2.17. The van der Waals surface area contributed by atoms with Crippen molar-refractivity contribution in [3.8, 4) is 5.75 Å². The quantitative estimate of drug-likeness (QED) is 0.568. The smallest absolute Gasteiger partial charge is 0.119 e. The van der Waals surface area contributed by atoms with E-state index in [4.69, 9.17) is 4.74 Å². The molecule has 0 aliphatic heterocycles. The molecule has 0 N–H and O–H groups in total. The lowest BCUT2D eigenvalue weighted by Crippen LogP contribution is -1.94. The molecule has 1 heteroatoms. The van der Waals surface area contributed by atoms with Gasteiger partial charge in [0.05, 0.1) is 0 Å². The van der Waals surface area contributed by atoms with Gasteiger partial charge in [-0.05, 0) is 28.8 Å². The van der Waals surface area contributed by atoms with Crippen LogP contribution in [0.15, 0.2) is 84.9 Å². The van der Waals surface area contributed by atoms with Crippen LogP contribution in [0.3, 0.4) is 0 Å². The molecular weight excluding hydrogens is 268 g/mol. The van der Waals surface area contributed by atoms with E-state index in [1.165, 1.54) is 11.1 Å². The van der Waals surface area contributed by atoms with Gasteiger partial charge in [-0.1, -0.05) is 84.9 Å². The zero-order valence-electron chi connectivity index (χ0n) is 12.4. The second-order valence-electron chi connectivity index (χ2n) is 5.09. The molecule has 3 rings (SSSR count). The number of ether oxygens (including phenoxy) is 1. The summed E-state index contributed by atoms with van der Waals surface area (Å²) in [5.74, 6) is 0.890. The van der Waals surface area contributed by atoms with E-state index in [9.17, 15) is 0 Å². The van der Waals surface area contributed by atoms with Crippen molar-refractivity contribution >= 4 is 12.2 Å². The van der Waals surface area contributed by atoms with Crippen LogP contribution in [0.4, 0.5) is 0 Å². The Morgan fingerprint density at radius 3 is 1.77 bits per heavy atom. The van der Waals surface area contributed by atoms with Gasteiger partial charge >= 0.3 is 0 Å². The zero-order chi connectivity index (χ0) is 15.0. The highest BCUT2D eigenvalue weighted by Gasteiger charge is 1.95. The summed E-state index contributed by atoms with van der Waals surface area (Å²) in [6.45, 7) is 0.597. The van der Waals surface area contributed by atoms with Crippen molar-refractivity contribution in [3.63, 3.8) is 0 Å². The average Bonchev–Trinajstić information content (AvgIpc) is 2.61. The number of hydrogen-bond acceptors (Lipinski definition) is 1. The lowest BCUT2D eigenvalue weighted by Gasteiger charge is -2.06. The van der Waals surface area contributed by atoms with Crippen molar-refractivity contribution in [2.24, 2.45) is 0 Å². The average molecular weight is 286 g/mol. The Balaban J connectivity index is 1.59. The van der Waals surface area contributed by atoms with Gasteiger partial charge in [0, 0.05) is 0 Å². The molecule has 0 bridgehead atoms. The molecule has 0 saturated carbocycles. The fraction of sp³-hybridized carbons (Fsp3) is 0.0476. The molecule has 3 aromatic carbocycles. The molecule has 0 aromatic heterocycles. The highest BCUT2D eigenvalue weighted by molar-refractivity contribution is 5.69. The summed E-state index contributed by atoms with van der Waals surface area (Å²) in [7, 11) is 0. The monoisotopic (exact) mass is 286 g/mol. The second kappa shape index (κ2) is 7.28. The van der Waals surface area contributed by atoms with Gasteiger partial charge < -0.3 is 4.74 Å². The Labute approximate surface area is 131 Å². The van der Waals surface area contributed by atoms with E-state index in [1.807, 2.05) is 48.5 Å². The lowest BCUT2D eigenvalue weighted by atomic mass is 10.1. The minimum atomic E-state index is 0.597. The largest absolute Gasteiger partial charge is 0.489 e. The van der Waals surface area contributed by atoms with Crippen LogP contribution < -0.4 is 4.74 Å². The molecule has 1 nitrogen and oxygen atoms in total. The normalized spacial score (nSPS) is 10.7. The molecule has 0 saturated heterocycles. The Morgan fingerprint density at radius 2 is 1.14 bits per heavy atom. The topological polar surface area (TPSA) is 9.23 Å². The predicted molar refractivity (Wildman–Crippen MR) is 92.6 cm³/mol. The Bertz CT molecular complexity index is 713. The molecule has 0 spiro atoms. The van der Waals surface area contributed by atoms with Crippen molar-refractivity contribution in [2.45, 2.75) is 6.61 Å². The molecule has 108 valence electrons. The summed E-state index contributed by atoms with van der Waals surface area (Å²) < 4.78 is 5.79. The van der Waals surface area contributed by atoms with Gasteiger partial charge in [0.25, 0.3) is 0 Å². The van der Waals surface area contributed by atoms with Gasteiger partial charge in [-0.25, -0.2) is 0 Å². The summed E-state index contributed by atoms with van der Waals surface area (Å²) in [6, 6.07) is 28.6. The van der Waals surface area contributed by atoms with Crippen molar-refractivity contribution in [3.05, 3.63) is 102 Å². The van der Waals surface area contributed by atoms with Crippen LogP contribution in [0, 0.1) is 0 Å². The summed E-state index contributed by atoms with van der Waals surface area (Å²) >= 11 is 0. The van der Waals surface area contributed by atoms with E-state index in [0.717, 1.165) is 11.3 Å². The number of benzene rings is 3. The highest BCUT2D eigenvalue weighted by atomic mass is 16.5. The van der Waals surface area contributed by atoms with E-state index >= 15 is 0 Å². The second-order valence-corrected chi connectivity index (χ2v) is 5.09. The van der Waals surface area contributed by atoms with Crippen LogP contribution in [-0.2, 0) is 6.61 Å². The van der Waals surface area contributed by atoms with Gasteiger partial charge in [0.2, 0.25) is 0 Å². The minimum Gasteiger partial charge on any atom is -0.489 e. The SMILES string of the molecule is C(=C\c1ccc(OCc2ccccc2)cc1)/c1ccccc1. The fourth-order valence-electron chi connectivity index (χ4n) is 2.17. The maximum atomic E-state index is 5.79. The van der Waals surface area contributed by atoms with E-state index in [2.05, 4.69) is 48.6 Å². The minimum absolute atomic E-state index is 0.597. The van der Waals surface area contributed by atoms with Crippen LogP contribution in [0.2, 0.25) is 0 Å². The highest BCUT2D eigenvalue weighted by Crippen LogP contribution is 2.16. The molecule has 0 heterocycles. The third-order valence-corrected chi connectivity index (χ3v) is 3.40. The van der Waals surface area contributed by atoms with E-state index < -0.39 is 0 Å². The van der Waals surface area contributed by atoms with Crippen molar-refractivity contribution < 1.29 is 4.74 Å². The van der Waals surface area contributed by atoms with Crippen molar-refractivity contribution in [1.82, 2.24) is 0 Å². The summed E-state index contributed by atoms with van der Waals surface area (Å²) in [4.78, 5) is 0. The lowest BCUT2D eigenvalue weighted by molar-refractivity contribution is 0.306. The first-order chi connectivity index (χ1) is 10.9. The van der Waals surface area contributed by atoms with E-state index in [1.54, 1.807) is 0 Å². The molecular formula is C21H18O. The Morgan fingerprint density at radius 1 is 0.591 bits per heavy atom. The maximum absolute atomic E-state index is 5.79. The molecule has 0 radical (unpaired) electrons. The van der Waals surface area contributed by atoms with E-state index in [0.29, 0.717) is 6.61 Å². The van der Waals surface area contributed by atoms with Gasteiger partial charge in [-0.3, -0.25) is 0 Å². The van der Waals surface area contributed by atoms with Crippen LogP contribution in [0.5, 0.6) is 5.75 Å². The van der Waals surface area contributed by atoms with Crippen LogP contribution in [-0.4, -0.2) is 0 Å². The Hall–Kier alpha value is -2.80. The maximum Gasteiger partial charge on any atom is 0.119 e. The molecule has 0 fully saturated rings. The molecule has 3 aromatic rings. The molecule has 0 unspecified atom stereocenters. The van der Waals surface area contributed by atoms with E-state index in [-0.39, 0.29) is 0 Å². The number of rotatable bonds is 5. The predicted octanol–water partition coefficient (Wildman–Crippen LogP) is 5.44. The van der Waals surface area contributed by atoms with Crippen molar-refractivity contribution in [1.29, 1.82) is 0 Å². The Kier molecular flexibility index (Phi) is 4.68. The summed E-state index contributed by atoms with van der Waals surface area (Å²) in [5.41, 5.74) is 3.54. The zero-order valence-corrected chi connectivity index (χ0v) is 12.4. The van der Waals surface area contributed by atoms with Gasteiger partial charge in [-0.2, -0.15) is 0 Å². The van der Waals surface area contributed by atoms with Crippen LogP contribution >= 0.6 is 0 Å². The first kappa shape index (κ1) is 14.2. The van der Waals surface area contributed by atoms with Crippen LogP contribution in [0.1, 0.15) is 16.7 Å². The third-order valence-electron chi connectivity index (χ3n) is 3.40.